The van der Waals surface area contributed by atoms with Crippen molar-refractivity contribution in [3.8, 4) is 0 Å². The maximum atomic E-state index is 12.8. The number of carbonyl (C=O) groups excluding carboxylic acids is 3. The van der Waals surface area contributed by atoms with E-state index in [1.54, 1.807) is 0 Å². The van der Waals surface area contributed by atoms with Crippen molar-refractivity contribution >= 4 is 17.9 Å². The molecule has 0 radical (unpaired) electrons. The molecule has 0 fully saturated rings. The van der Waals surface area contributed by atoms with Crippen LogP contribution in [0.2, 0.25) is 0 Å². The number of esters is 3. The highest BCUT2D eigenvalue weighted by molar-refractivity contribution is 5.71. The zero-order chi connectivity index (χ0) is 50.0. The van der Waals surface area contributed by atoms with Crippen LogP contribution in [0, 0.1) is 0 Å². The molecule has 0 saturated carbocycles. The van der Waals surface area contributed by atoms with Crippen molar-refractivity contribution in [1.82, 2.24) is 0 Å². The molecule has 0 heterocycles. The van der Waals surface area contributed by atoms with Crippen LogP contribution in [0.5, 0.6) is 0 Å². The Hall–Kier alpha value is -2.89. The third kappa shape index (κ3) is 55.9. The summed E-state index contributed by atoms with van der Waals surface area (Å²) in [6, 6.07) is 0. The molecular formula is C63H112O6. The van der Waals surface area contributed by atoms with E-state index in [1.165, 1.54) is 167 Å². The van der Waals surface area contributed by atoms with Crippen LogP contribution in [0.25, 0.3) is 0 Å². The quantitative estimate of drug-likeness (QED) is 0.0262. The number of allylic oxidation sites excluding steroid dienone is 10. The molecule has 0 aliphatic carbocycles. The Morgan fingerprint density at radius 1 is 0.304 bits per heavy atom. The molecule has 0 amide bonds. The Morgan fingerprint density at radius 2 is 0.565 bits per heavy atom. The fraction of sp³-hybridized carbons (Fsp3) is 0.794. The molecule has 69 heavy (non-hydrogen) atoms. The van der Waals surface area contributed by atoms with Crippen LogP contribution in [0.15, 0.2) is 60.8 Å². The van der Waals surface area contributed by atoms with E-state index in [9.17, 15) is 14.4 Å². The third-order valence-corrected chi connectivity index (χ3v) is 13.0. The molecule has 0 aromatic heterocycles. The molecule has 0 N–H and O–H groups in total. The van der Waals surface area contributed by atoms with Crippen molar-refractivity contribution in [3.05, 3.63) is 60.8 Å². The Bertz CT molecular complexity index is 1250. The highest BCUT2D eigenvalue weighted by Crippen LogP contribution is 2.17. The average molecular weight is 966 g/mol. The highest BCUT2D eigenvalue weighted by Gasteiger charge is 2.19. The van der Waals surface area contributed by atoms with Crippen molar-refractivity contribution in [2.45, 2.75) is 309 Å². The maximum absolute atomic E-state index is 12.8. The first kappa shape index (κ1) is 66.1. The van der Waals surface area contributed by atoms with Crippen molar-refractivity contribution < 1.29 is 28.6 Å². The summed E-state index contributed by atoms with van der Waals surface area (Å²) >= 11 is 0. The predicted octanol–water partition coefficient (Wildman–Crippen LogP) is 20.0. The summed E-state index contributed by atoms with van der Waals surface area (Å²) in [4.78, 5) is 38.1. The van der Waals surface area contributed by atoms with Crippen LogP contribution in [-0.4, -0.2) is 37.2 Å². The van der Waals surface area contributed by atoms with Crippen molar-refractivity contribution in [2.24, 2.45) is 0 Å². The Labute approximate surface area is 428 Å². The van der Waals surface area contributed by atoms with E-state index in [2.05, 4.69) is 81.5 Å². The molecule has 0 saturated heterocycles. The second kappa shape index (κ2) is 57.7. The van der Waals surface area contributed by atoms with Gasteiger partial charge in [0.15, 0.2) is 6.10 Å². The van der Waals surface area contributed by atoms with Crippen molar-refractivity contribution in [2.75, 3.05) is 13.2 Å². The fourth-order valence-corrected chi connectivity index (χ4v) is 8.59. The molecule has 400 valence electrons. The van der Waals surface area contributed by atoms with E-state index < -0.39 is 6.10 Å². The second-order valence-corrected chi connectivity index (χ2v) is 19.9. The number of hydrogen-bond acceptors (Lipinski definition) is 6. The van der Waals surface area contributed by atoms with E-state index >= 15 is 0 Å². The summed E-state index contributed by atoms with van der Waals surface area (Å²) in [5, 5.41) is 0. The number of unbranched alkanes of at least 4 members (excludes halogenated alkanes) is 33. The van der Waals surface area contributed by atoms with Gasteiger partial charge in [0.25, 0.3) is 0 Å². The summed E-state index contributed by atoms with van der Waals surface area (Å²) in [6.45, 7) is 6.55. The lowest BCUT2D eigenvalue weighted by Gasteiger charge is -2.18. The van der Waals surface area contributed by atoms with Gasteiger partial charge in [0, 0.05) is 19.3 Å². The van der Waals surface area contributed by atoms with Crippen molar-refractivity contribution in [3.63, 3.8) is 0 Å². The molecule has 1 unspecified atom stereocenters. The van der Waals surface area contributed by atoms with Gasteiger partial charge < -0.3 is 14.2 Å². The van der Waals surface area contributed by atoms with Crippen LogP contribution in [0.1, 0.15) is 303 Å². The SMILES string of the molecule is CC/C=C\C/C=C\C/C=C\C/C=C\C/C=C\CCCCCCCCCCCC(=O)OCC(COC(=O)CCCCCCCCCCCCCCC)OC(=O)CCCCCCCCCCCCCCC. The highest BCUT2D eigenvalue weighted by atomic mass is 16.6. The van der Waals surface area contributed by atoms with E-state index in [4.69, 9.17) is 14.2 Å². The molecule has 0 spiro atoms. The predicted molar refractivity (Wildman–Crippen MR) is 298 cm³/mol. The largest absolute Gasteiger partial charge is 0.462 e. The topological polar surface area (TPSA) is 78.9 Å². The normalized spacial score (nSPS) is 12.4. The zero-order valence-electron chi connectivity index (χ0n) is 45.8. The minimum absolute atomic E-state index is 0.0711. The van der Waals surface area contributed by atoms with Gasteiger partial charge in [0.1, 0.15) is 13.2 Å². The number of rotatable bonds is 54. The lowest BCUT2D eigenvalue weighted by atomic mass is 10.0. The summed E-state index contributed by atoms with van der Waals surface area (Å²) in [7, 11) is 0. The molecule has 0 aliphatic rings. The number of ether oxygens (including phenoxy) is 3. The molecule has 0 aromatic rings. The van der Waals surface area contributed by atoms with E-state index in [0.717, 1.165) is 96.3 Å². The summed E-state index contributed by atoms with van der Waals surface area (Å²) in [5.41, 5.74) is 0. The van der Waals surface area contributed by atoms with Gasteiger partial charge in [0.05, 0.1) is 0 Å². The van der Waals surface area contributed by atoms with Gasteiger partial charge in [-0.25, -0.2) is 0 Å². The van der Waals surface area contributed by atoms with E-state index in [-0.39, 0.29) is 31.1 Å². The van der Waals surface area contributed by atoms with Gasteiger partial charge in [0.2, 0.25) is 0 Å². The van der Waals surface area contributed by atoms with Gasteiger partial charge >= 0.3 is 17.9 Å². The standard InChI is InChI=1S/C63H112O6/c1-4-7-10-13-16-19-22-25-26-27-28-29-30-31-32-33-34-35-36-39-41-44-47-50-53-56-62(65)68-59-60(69-63(66)57-54-51-48-45-42-38-24-21-18-15-12-9-6-3)58-67-61(64)55-52-49-46-43-40-37-23-20-17-14-11-8-5-2/h7,10,16,19,25-26,28-29,31-32,60H,4-6,8-9,11-15,17-18,20-24,27,30,33-59H2,1-3H3/b10-7-,19-16-,26-25-,29-28-,32-31-. The van der Waals surface area contributed by atoms with Crippen LogP contribution in [0.4, 0.5) is 0 Å². The Morgan fingerprint density at radius 3 is 0.884 bits per heavy atom. The molecule has 6 nitrogen and oxygen atoms in total. The first-order chi connectivity index (χ1) is 34.0. The Balaban J connectivity index is 4.27. The van der Waals surface area contributed by atoms with Crippen LogP contribution < -0.4 is 0 Å². The van der Waals surface area contributed by atoms with E-state index in [1.807, 2.05) is 0 Å². The minimum Gasteiger partial charge on any atom is -0.462 e. The van der Waals surface area contributed by atoms with Crippen molar-refractivity contribution in [1.29, 1.82) is 0 Å². The maximum Gasteiger partial charge on any atom is 0.306 e. The van der Waals surface area contributed by atoms with Gasteiger partial charge in [-0.2, -0.15) is 0 Å². The van der Waals surface area contributed by atoms with Gasteiger partial charge in [-0.15, -0.1) is 0 Å². The average Bonchev–Trinajstić information content (AvgIpc) is 3.35. The summed E-state index contributed by atoms with van der Waals surface area (Å²) < 4.78 is 16.9. The Kier molecular flexibility index (Phi) is 55.3. The number of hydrogen-bond donors (Lipinski definition) is 0. The summed E-state index contributed by atoms with van der Waals surface area (Å²) in [5.74, 6) is -0.862. The number of carbonyl (C=O) groups is 3. The third-order valence-electron chi connectivity index (χ3n) is 13.0. The monoisotopic (exact) mass is 965 g/mol. The van der Waals surface area contributed by atoms with E-state index in [0.29, 0.717) is 19.3 Å². The van der Waals surface area contributed by atoms with Gasteiger partial charge in [-0.05, 0) is 64.2 Å². The first-order valence-corrected chi connectivity index (χ1v) is 29.8. The molecule has 0 bridgehead atoms. The lowest BCUT2D eigenvalue weighted by molar-refractivity contribution is -0.167. The fourth-order valence-electron chi connectivity index (χ4n) is 8.59. The van der Waals surface area contributed by atoms with Gasteiger partial charge in [-0.3, -0.25) is 14.4 Å². The molecule has 6 heteroatoms. The van der Waals surface area contributed by atoms with Crippen LogP contribution in [-0.2, 0) is 28.6 Å². The second-order valence-electron chi connectivity index (χ2n) is 19.9. The molecule has 0 aromatic carbocycles. The molecule has 0 rings (SSSR count). The smallest absolute Gasteiger partial charge is 0.306 e. The molecule has 1 atom stereocenters. The molecular weight excluding hydrogens is 853 g/mol. The van der Waals surface area contributed by atoms with Crippen LogP contribution in [0.3, 0.4) is 0 Å². The first-order valence-electron chi connectivity index (χ1n) is 29.8. The molecule has 0 aliphatic heterocycles. The minimum atomic E-state index is -0.772. The van der Waals surface area contributed by atoms with Gasteiger partial charge in [-0.1, -0.05) is 281 Å². The zero-order valence-corrected chi connectivity index (χ0v) is 45.8. The summed E-state index contributed by atoms with van der Waals surface area (Å²) in [6.07, 6.45) is 72.1. The lowest BCUT2D eigenvalue weighted by Crippen LogP contribution is -2.30. The van der Waals surface area contributed by atoms with Crippen LogP contribution >= 0.6 is 0 Å².